The van der Waals surface area contributed by atoms with E-state index in [2.05, 4.69) is 10.6 Å². The molecule has 0 aliphatic rings. The minimum absolute atomic E-state index is 0.129. The summed E-state index contributed by atoms with van der Waals surface area (Å²) in [7, 11) is -4.40. The third-order valence-corrected chi connectivity index (χ3v) is 5.02. The summed E-state index contributed by atoms with van der Waals surface area (Å²) in [4.78, 5) is 11.9. The van der Waals surface area contributed by atoms with Crippen molar-refractivity contribution in [3.05, 3.63) is 59.8 Å². The lowest BCUT2D eigenvalue weighted by Crippen LogP contribution is -2.18. The van der Waals surface area contributed by atoms with Crippen LogP contribution in [-0.4, -0.2) is 38.6 Å². The molecule has 2 aromatic rings. The smallest absolute Gasteiger partial charge is 0.294 e. The van der Waals surface area contributed by atoms with Crippen LogP contribution in [0.25, 0.3) is 0 Å². The Bertz CT molecular complexity index is 1120. The Hall–Kier alpha value is -3.55. The fraction of sp³-hybridized carbons (Fsp3) is 0.273. The van der Waals surface area contributed by atoms with E-state index in [0.29, 0.717) is 37.7 Å². The van der Waals surface area contributed by atoms with Gasteiger partial charge in [0.15, 0.2) is 11.5 Å². The van der Waals surface area contributed by atoms with Crippen molar-refractivity contribution in [2.75, 3.05) is 25.1 Å². The van der Waals surface area contributed by atoms with E-state index in [1.807, 2.05) is 32.0 Å². The summed E-state index contributed by atoms with van der Waals surface area (Å²) in [5.74, 6) is 0.617. The number of nitrogens with one attached hydrogen (secondary N) is 2. The standard InChI is InChI=1S/C22H25N3O6S/c1-3-30-20-9-8-16(12-21(20)31-4-2)10-11-24-15-17(14-23)22(26)25-18-6-5-7-19(13-18)32(27,28)29/h5-9,12-13,15,24H,3-4,10-11H2,1-2H3,(H,25,26)(H,27,28,29)/b17-15-. The average molecular weight is 460 g/mol. The molecule has 0 bridgehead atoms. The summed E-state index contributed by atoms with van der Waals surface area (Å²) >= 11 is 0. The Balaban J connectivity index is 1.98. The highest BCUT2D eigenvalue weighted by atomic mass is 32.2. The summed E-state index contributed by atoms with van der Waals surface area (Å²) in [6.07, 6.45) is 1.90. The molecule has 1 amide bonds. The molecule has 10 heteroatoms. The van der Waals surface area contributed by atoms with Crippen molar-refractivity contribution in [2.45, 2.75) is 25.2 Å². The Morgan fingerprint density at radius 3 is 2.50 bits per heavy atom. The highest BCUT2D eigenvalue weighted by molar-refractivity contribution is 7.85. The van der Waals surface area contributed by atoms with Gasteiger partial charge in [0.05, 0.1) is 18.1 Å². The summed E-state index contributed by atoms with van der Waals surface area (Å²) in [5.41, 5.74) is 0.927. The molecule has 0 unspecified atom stereocenters. The molecule has 0 aliphatic heterocycles. The predicted molar refractivity (Wildman–Crippen MR) is 119 cm³/mol. The van der Waals surface area contributed by atoms with Gasteiger partial charge in [-0.3, -0.25) is 9.35 Å². The van der Waals surface area contributed by atoms with Crippen LogP contribution in [0.5, 0.6) is 11.5 Å². The van der Waals surface area contributed by atoms with Crippen LogP contribution >= 0.6 is 0 Å². The maximum atomic E-state index is 12.3. The number of carbonyl (C=O) groups excluding carboxylic acids is 1. The normalized spacial score (nSPS) is 11.4. The van der Waals surface area contributed by atoms with Gasteiger partial charge in [0.1, 0.15) is 11.6 Å². The fourth-order valence-electron chi connectivity index (χ4n) is 2.72. The SMILES string of the molecule is CCOc1ccc(CCN/C=C(/C#N)C(=O)Nc2cccc(S(=O)(=O)O)c2)cc1OCC. The van der Waals surface area contributed by atoms with Gasteiger partial charge in [0, 0.05) is 18.4 Å². The topological polar surface area (TPSA) is 138 Å². The zero-order valence-corrected chi connectivity index (χ0v) is 18.6. The summed E-state index contributed by atoms with van der Waals surface area (Å²) in [5, 5.41) is 14.6. The van der Waals surface area contributed by atoms with Crippen molar-refractivity contribution in [1.29, 1.82) is 5.26 Å². The van der Waals surface area contributed by atoms with E-state index >= 15 is 0 Å². The molecule has 0 saturated heterocycles. The highest BCUT2D eigenvalue weighted by Crippen LogP contribution is 2.28. The largest absolute Gasteiger partial charge is 0.490 e. The molecule has 32 heavy (non-hydrogen) atoms. The third-order valence-electron chi connectivity index (χ3n) is 4.17. The summed E-state index contributed by atoms with van der Waals surface area (Å²) < 4.78 is 42.7. The van der Waals surface area contributed by atoms with Gasteiger partial charge >= 0.3 is 0 Å². The van der Waals surface area contributed by atoms with Crippen molar-refractivity contribution >= 4 is 21.7 Å². The Morgan fingerprint density at radius 1 is 1.12 bits per heavy atom. The van der Waals surface area contributed by atoms with Gasteiger partial charge in [-0.1, -0.05) is 12.1 Å². The second kappa shape index (κ2) is 11.7. The van der Waals surface area contributed by atoms with Crippen LogP contribution in [0.4, 0.5) is 5.69 Å². The minimum atomic E-state index is -4.40. The fourth-order valence-corrected chi connectivity index (χ4v) is 3.25. The van der Waals surface area contributed by atoms with Gasteiger partial charge in [0.2, 0.25) is 0 Å². The first kappa shape index (κ1) is 24.7. The Labute approximate surface area is 187 Å². The number of ether oxygens (including phenoxy) is 2. The first-order chi connectivity index (χ1) is 15.3. The van der Waals surface area contributed by atoms with Gasteiger partial charge in [-0.05, 0) is 56.2 Å². The van der Waals surface area contributed by atoms with E-state index in [1.165, 1.54) is 24.4 Å². The van der Waals surface area contributed by atoms with Crippen LogP contribution in [0.15, 0.2) is 59.1 Å². The van der Waals surface area contributed by atoms with Crippen molar-refractivity contribution in [1.82, 2.24) is 5.32 Å². The number of amides is 1. The Kier molecular flexibility index (Phi) is 9.07. The van der Waals surface area contributed by atoms with Crippen molar-refractivity contribution in [3.63, 3.8) is 0 Å². The van der Waals surface area contributed by atoms with Crippen LogP contribution in [0.2, 0.25) is 0 Å². The maximum absolute atomic E-state index is 12.3. The van der Waals surface area contributed by atoms with Gasteiger partial charge in [0.25, 0.3) is 16.0 Å². The molecule has 0 atom stereocenters. The monoisotopic (exact) mass is 459 g/mol. The number of carbonyl (C=O) groups is 1. The quantitative estimate of drug-likeness (QED) is 0.202. The molecule has 0 saturated carbocycles. The first-order valence-corrected chi connectivity index (χ1v) is 11.3. The molecule has 0 spiro atoms. The zero-order valence-electron chi connectivity index (χ0n) is 17.8. The number of nitriles is 1. The summed E-state index contributed by atoms with van der Waals surface area (Å²) in [6, 6.07) is 12.5. The number of hydrogen-bond donors (Lipinski definition) is 3. The van der Waals surface area contributed by atoms with Crippen LogP contribution in [0, 0.1) is 11.3 Å². The van der Waals surface area contributed by atoms with E-state index in [9.17, 15) is 18.5 Å². The van der Waals surface area contributed by atoms with Crippen molar-refractivity contribution in [2.24, 2.45) is 0 Å². The minimum Gasteiger partial charge on any atom is -0.490 e. The lowest BCUT2D eigenvalue weighted by Gasteiger charge is -2.12. The van der Waals surface area contributed by atoms with Gasteiger partial charge in [-0.2, -0.15) is 13.7 Å². The average Bonchev–Trinajstić information content (AvgIpc) is 2.75. The molecule has 170 valence electrons. The molecule has 2 aromatic carbocycles. The predicted octanol–water partition coefficient (Wildman–Crippen LogP) is 2.91. The van der Waals surface area contributed by atoms with Gasteiger partial charge < -0.3 is 20.1 Å². The van der Waals surface area contributed by atoms with Gasteiger partial charge in [-0.25, -0.2) is 0 Å². The van der Waals surface area contributed by atoms with E-state index < -0.39 is 16.0 Å². The van der Waals surface area contributed by atoms with E-state index in [-0.39, 0.29) is 16.2 Å². The zero-order chi connectivity index (χ0) is 23.6. The molecular formula is C22H25N3O6S. The Morgan fingerprint density at radius 2 is 1.84 bits per heavy atom. The number of anilines is 1. The van der Waals surface area contributed by atoms with E-state index in [1.54, 1.807) is 6.07 Å². The van der Waals surface area contributed by atoms with Crippen LogP contribution in [0.1, 0.15) is 19.4 Å². The number of nitrogens with zero attached hydrogens (tertiary/aromatic N) is 1. The molecule has 0 aromatic heterocycles. The van der Waals surface area contributed by atoms with E-state index in [4.69, 9.17) is 14.0 Å². The molecule has 0 fully saturated rings. The molecule has 0 radical (unpaired) electrons. The highest BCUT2D eigenvalue weighted by Gasteiger charge is 2.13. The second-order valence-electron chi connectivity index (χ2n) is 6.48. The van der Waals surface area contributed by atoms with Crippen molar-refractivity contribution < 1.29 is 27.2 Å². The molecule has 2 rings (SSSR count). The number of rotatable bonds is 11. The van der Waals surface area contributed by atoms with Crippen molar-refractivity contribution in [3.8, 4) is 17.6 Å². The van der Waals surface area contributed by atoms with E-state index in [0.717, 1.165) is 11.6 Å². The maximum Gasteiger partial charge on any atom is 0.294 e. The molecule has 0 heterocycles. The second-order valence-corrected chi connectivity index (χ2v) is 7.90. The van der Waals surface area contributed by atoms with Gasteiger partial charge in [-0.15, -0.1) is 0 Å². The van der Waals surface area contributed by atoms with Crippen LogP contribution in [-0.2, 0) is 21.3 Å². The lowest BCUT2D eigenvalue weighted by atomic mass is 10.1. The van der Waals surface area contributed by atoms with Crippen LogP contribution in [0.3, 0.4) is 0 Å². The molecule has 0 aliphatic carbocycles. The lowest BCUT2D eigenvalue weighted by molar-refractivity contribution is -0.112. The number of hydrogen-bond acceptors (Lipinski definition) is 7. The number of benzene rings is 2. The summed E-state index contributed by atoms with van der Waals surface area (Å²) in [6.45, 7) is 5.29. The first-order valence-electron chi connectivity index (χ1n) is 9.89. The molecule has 9 nitrogen and oxygen atoms in total. The van der Waals surface area contributed by atoms with Crippen LogP contribution < -0.4 is 20.1 Å². The molecule has 3 N–H and O–H groups in total. The third kappa shape index (κ3) is 7.30. The molecular weight excluding hydrogens is 434 g/mol.